The van der Waals surface area contributed by atoms with Gasteiger partial charge >= 0.3 is 24.1 Å². The van der Waals surface area contributed by atoms with Gasteiger partial charge in [0, 0.05) is 6.54 Å². The summed E-state index contributed by atoms with van der Waals surface area (Å²) in [5.74, 6) is -2.64. The second-order valence-corrected chi connectivity index (χ2v) is 10.1. The molecule has 10 heteroatoms. The summed E-state index contributed by atoms with van der Waals surface area (Å²) in [6.07, 6.45) is 0.318. The van der Waals surface area contributed by atoms with Crippen molar-refractivity contribution in [3.05, 3.63) is 23.8 Å². The molecule has 0 saturated carbocycles. The van der Waals surface area contributed by atoms with Gasteiger partial charge in [0.15, 0.2) is 11.5 Å². The molecule has 1 rings (SSSR count). The Labute approximate surface area is 225 Å². The first-order valence-electron chi connectivity index (χ1n) is 13.1. The van der Waals surface area contributed by atoms with Gasteiger partial charge in [-0.05, 0) is 64.2 Å². The molecule has 0 aliphatic heterocycles. The molecule has 0 spiro atoms. The van der Waals surface area contributed by atoms with Gasteiger partial charge in [0.05, 0.1) is 11.8 Å². The summed E-state index contributed by atoms with van der Waals surface area (Å²) >= 11 is 0. The van der Waals surface area contributed by atoms with Gasteiger partial charge in [0.25, 0.3) is 0 Å². The van der Waals surface area contributed by atoms with E-state index in [2.05, 4.69) is 5.32 Å². The minimum Gasteiger partial charge on any atom is -0.480 e. The van der Waals surface area contributed by atoms with Gasteiger partial charge in [-0.15, -0.1) is 0 Å². The number of benzene rings is 1. The second kappa shape index (κ2) is 15.3. The fraction of sp³-hybridized carbons (Fsp3) is 0.643. The molecular weight excluding hydrogens is 494 g/mol. The Kier molecular flexibility index (Phi) is 13.3. The van der Waals surface area contributed by atoms with Crippen LogP contribution < -0.4 is 14.8 Å². The highest BCUT2D eigenvalue weighted by Crippen LogP contribution is 2.31. The van der Waals surface area contributed by atoms with E-state index >= 15 is 0 Å². The molecule has 2 N–H and O–H groups in total. The van der Waals surface area contributed by atoms with Crippen molar-refractivity contribution in [3.63, 3.8) is 0 Å². The molecule has 214 valence electrons. The predicted molar refractivity (Wildman–Crippen MR) is 141 cm³/mol. The summed E-state index contributed by atoms with van der Waals surface area (Å²) in [5, 5.41) is 12.6. The molecular formula is C28H43NO9. The fourth-order valence-electron chi connectivity index (χ4n) is 2.91. The molecule has 0 aromatic heterocycles. The molecule has 1 aromatic carbocycles. The van der Waals surface area contributed by atoms with Crippen molar-refractivity contribution < 1.29 is 43.2 Å². The SMILES string of the molecule is CCC(C)C(=O)Oc1ccc(C[C@H](NCC(C)OC(=O)OC(C)(C)CC)C(=O)O)cc1OC(=O)C(C)CC. The number of carboxylic acid groups (broad SMARTS) is 1. The number of esters is 2. The molecule has 0 bridgehead atoms. The van der Waals surface area contributed by atoms with Crippen LogP contribution in [0.15, 0.2) is 18.2 Å². The summed E-state index contributed by atoms with van der Waals surface area (Å²) in [6, 6.07) is 3.57. The lowest BCUT2D eigenvalue weighted by atomic mass is 10.0. The number of hydrogen-bond acceptors (Lipinski definition) is 9. The molecule has 3 unspecified atom stereocenters. The number of ether oxygens (including phenoxy) is 4. The lowest BCUT2D eigenvalue weighted by Gasteiger charge is -2.24. The Morgan fingerprint density at radius 2 is 1.47 bits per heavy atom. The van der Waals surface area contributed by atoms with Gasteiger partial charge < -0.3 is 29.4 Å². The zero-order valence-electron chi connectivity index (χ0n) is 23.8. The van der Waals surface area contributed by atoms with E-state index < -0.39 is 41.8 Å². The summed E-state index contributed by atoms with van der Waals surface area (Å²) in [6.45, 7) is 14.3. The van der Waals surface area contributed by atoms with Crippen molar-refractivity contribution >= 4 is 24.1 Å². The third kappa shape index (κ3) is 11.1. The molecule has 0 aliphatic rings. The third-order valence-corrected chi connectivity index (χ3v) is 6.36. The molecule has 1 aromatic rings. The van der Waals surface area contributed by atoms with Crippen molar-refractivity contribution in [2.45, 2.75) is 98.8 Å². The lowest BCUT2D eigenvalue weighted by Crippen LogP contribution is -2.43. The number of aliphatic carboxylic acids is 1. The van der Waals surface area contributed by atoms with Gasteiger partial charge in [0.1, 0.15) is 17.7 Å². The Bertz CT molecular complexity index is 960. The maximum atomic E-state index is 12.5. The summed E-state index contributed by atoms with van der Waals surface area (Å²) in [5.41, 5.74) is -0.128. The van der Waals surface area contributed by atoms with Gasteiger partial charge in [-0.25, -0.2) is 4.79 Å². The minimum atomic E-state index is -1.11. The highest BCUT2D eigenvalue weighted by molar-refractivity contribution is 5.78. The standard InChI is InChI=1S/C28H43NO9/c1-9-17(4)25(32)36-22-13-12-20(15-23(22)37-26(33)18(5)10-2)14-21(24(30)31)29-16-19(6)35-27(34)38-28(7,8)11-3/h12-13,15,17-19,21,29H,9-11,14,16H2,1-8H3,(H,30,31)/t17?,18?,19?,21-/m0/s1. The van der Waals surface area contributed by atoms with Crippen molar-refractivity contribution in [1.29, 1.82) is 0 Å². The van der Waals surface area contributed by atoms with Crippen LogP contribution in [0.1, 0.15) is 80.2 Å². The number of carboxylic acids is 1. The van der Waals surface area contributed by atoms with Crippen molar-refractivity contribution in [2.75, 3.05) is 6.54 Å². The number of nitrogens with one attached hydrogen (secondary N) is 1. The molecule has 0 amide bonds. The normalized spacial score (nSPS) is 14.5. The van der Waals surface area contributed by atoms with Crippen LogP contribution in [0.25, 0.3) is 0 Å². The summed E-state index contributed by atoms with van der Waals surface area (Å²) < 4.78 is 21.5. The van der Waals surface area contributed by atoms with Crippen LogP contribution in [-0.4, -0.2) is 53.5 Å². The first kappa shape index (κ1) is 32.9. The zero-order chi connectivity index (χ0) is 29.0. The van der Waals surface area contributed by atoms with Crippen molar-refractivity contribution in [2.24, 2.45) is 11.8 Å². The highest BCUT2D eigenvalue weighted by Gasteiger charge is 2.25. The van der Waals surface area contributed by atoms with E-state index in [1.165, 1.54) is 12.1 Å². The number of carbonyl (C=O) groups excluding carboxylic acids is 3. The summed E-state index contributed by atoms with van der Waals surface area (Å²) in [4.78, 5) is 48.7. The summed E-state index contributed by atoms with van der Waals surface area (Å²) in [7, 11) is 0. The minimum absolute atomic E-state index is 0.0306. The molecule has 10 nitrogen and oxygen atoms in total. The predicted octanol–water partition coefficient (Wildman–Crippen LogP) is 4.91. The van der Waals surface area contributed by atoms with E-state index in [0.29, 0.717) is 24.8 Å². The highest BCUT2D eigenvalue weighted by atomic mass is 16.7. The van der Waals surface area contributed by atoms with Gasteiger partial charge in [-0.1, -0.05) is 40.7 Å². The van der Waals surface area contributed by atoms with E-state index in [9.17, 15) is 24.3 Å². The maximum Gasteiger partial charge on any atom is 0.509 e. The Morgan fingerprint density at radius 3 is 1.97 bits per heavy atom. The quantitative estimate of drug-likeness (QED) is 0.234. The van der Waals surface area contributed by atoms with Crippen molar-refractivity contribution in [1.82, 2.24) is 5.32 Å². The molecule has 0 heterocycles. The van der Waals surface area contributed by atoms with Crippen LogP contribution in [0.3, 0.4) is 0 Å². The molecule has 0 aliphatic carbocycles. The number of carbonyl (C=O) groups is 4. The van der Waals surface area contributed by atoms with E-state index in [1.807, 2.05) is 20.8 Å². The number of rotatable bonds is 15. The van der Waals surface area contributed by atoms with E-state index in [-0.39, 0.29) is 36.3 Å². The van der Waals surface area contributed by atoms with Gasteiger partial charge in [-0.2, -0.15) is 0 Å². The Balaban J connectivity index is 3.00. The van der Waals surface area contributed by atoms with Crippen LogP contribution in [0.5, 0.6) is 11.5 Å². The third-order valence-electron chi connectivity index (χ3n) is 6.36. The van der Waals surface area contributed by atoms with Crippen LogP contribution in [0.2, 0.25) is 0 Å². The average molecular weight is 538 g/mol. The van der Waals surface area contributed by atoms with E-state index in [0.717, 1.165) is 0 Å². The molecule has 0 fully saturated rings. The van der Waals surface area contributed by atoms with Crippen LogP contribution in [0.4, 0.5) is 4.79 Å². The smallest absolute Gasteiger partial charge is 0.480 e. The number of hydrogen-bond donors (Lipinski definition) is 2. The Hall–Kier alpha value is -3.14. The zero-order valence-corrected chi connectivity index (χ0v) is 23.8. The molecule has 38 heavy (non-hydrogen) atoms. The average Bonchev–Trinajstić information content (AvgIpc) is 2.85. The lowest BCUT2D eigenvalue weighted by molar-refractivity contribution is -0.141. The van der Waals surface area contributed by atoms with Crippen LogP contribution in [-0.2, 0) is 30.3 Å². The van der Waals surface area contributed by atoms with E-state index in [4.69, 9.17) is 18.9 Å². The van der Waals surface area contributed by atoms with E-state index in [1.54, 1.807) is 40.7 Å². The second-order valence-electron chi connectivity index (χ2n) is 10.1. The monoisotopic (exact) mass is 537 g/mol. The van der Waals surface area contributed by atoms with Gasteiger partial charge in [0.2, 0.25) is 0 Å². The van der Waals surface area contributed by atoms with Crippen molar-refractivity contribution in [3.8, 4) is 11.5 Å². The van der Waals surface area contributed by atoms with Crippen LogP contribution >= 0.6 is 0 Å². The van der Waals surface area contributed by atoms with Crippen LogP contribution in [0, 0.1) is 11.8 Å². The van der Waals surface area contributed by atoms with Gasteiger partial charge in [-0.3, -0.25) is 14.4 Å². The first-order chi connectivity index (χ1) is 17.7. The maximum absolute atomic E-state index is 12.5. The molecule has 0 saturated heterocycles. The fourth-order valence-corrected chi connectivity index (χ4v) is 2.91. The molecule has 4 atom stereocenters. The topological polar surface area (TPSA) is 137 Å². The Morgan fingerprint density at radius 1 is 0.921 bits per heavy atom. The largest absolute Gasteiger partial charge is 0.509 e. The molecule has 0 radical (unpaired) electrons. The first-order valence-corrected chi connectivity index (χ1v) is 13.1.